The van der Waals surface area contributed by atoms with Gasteiger partial charge in [-0.25, -0.2) is 0 Å². The minimum atomic E-state index is 0. The maximum Gasteiger partial charge on any atom is 2.00 e. The molecule has 78 heavy (non-hydrogen) atoms. The molecule has 2 unspecified atom stereocenters. The van der Waals surface area contributed by atoms with E-state index in [0.717, 1.165) is 97.3 Å². The maximum atomic E-state index is 9.02. The van der Waals surface area contributed by atoms with Crippen molar-refractivity contribution in [2.75, 3.05) is 68.0 Å². The van der Waals surface area contributed by atoms with E-state index in [4.69, 9.17) is 28.2 Å². The fraction of sp³-hybridized carbons (Fsp3) is 0.303. The third kappa shape index (κ3) is 30.9. The molecule has 0 spiro atoms. The van der Waals surface area contributed by atoms with E-state index in [0.29, 0.717) is 23.7 Å². The normalized spacial score (nSPS) is 10.5. The Labute approximate surface area is 506 Å². The van der Waals surface area contributed by atoms with Crippen LogP contribution in [0.1, 0.15) is 70.9 Å². The van der Waals surface area contributed by atoms with E-state index < -0.39 is 0 Å². The second-order valence-corrected chi connectivity index (χ2v) is 18.0. The first-order valence-electron chi connectivity index (χ1n) is 25.7. The number of nitrogens with one attached hydrogen (secondary N) is 2. The van der Waals surface area contributed by atoms with Gasteiger partial charge >= 0.3 is 42.1 Å². The Kier molecular flexibility index (Phi) is 47.3. The Bertz CT molecular complexity index is 2500. The second-order valence-electron chi connectivity index (χ2n) is 17.7. The number of aromatic nitrogens is 2. The molecule has 0 fully saturated rings. The molecule has 12 heteroatoms. The number of pyridine rings is 2. The standard InChI is InChI=1S/C25H34N4.C18H28N4O.C7H7Cl.2C6H6.4CH3.2W/c1-3-29(19-9-13-21-11-5-4-6-12-21)18-8-10-20(2)28-24-16-17-27-25-22(24)14-7-15-23(25)26;1-3-22(12-13-23)11-5-6-14(2)21-17-9-10-20-18-15(17)7-4-8-16(18)19;8-6-7-4-2-1-3-5-7;2*1-2-4-6-5-3-1;;;;;;/h4-7,11-12,14-17,20H,3,8-10,13,18-19,26H2,1-2H3,(H,27,28);4,7-10,14,23H,3,5-6,11-13,19H2,1-2H3,(H,20,21);1-5H,6H2;2*1-6H;4*1H3;;/q;;;;;4*-1;2*+2. The molecule has 422 valence electrons. The van der Waals surface area contributed by atoms with Crippen LogP contribution in [0.4, 0.5) is 22.7 Å². The molecule has 8 aromatic rings. The van der Waals surface area contributed by atoms with E-state index in [1.54, 1.807) is 6.20 Å². The average molecular weight is 1420 g/mol. The maximum absolute atomic E-state index is 9.02. The monoisotopic (exact) mass is 1420 g/mol. The van der Waals surface area contributed by atoms with Crippen LogP contribution in [-0.2, 0) is 54.4 Å². The molecule has 0 aliphatic carbocycles. The van der Waals surface area contributed by atoms with Crippen LogP contribution in [0.15, 0.2) is 194 Å². The van der Waals surface area contributed by atoms with E-state index in [1.165, 1.54) is 30.5 Å². The summed E-state index contributed by atoms with van der Waals surface area (Å²) in [5.41, 5.74) is 20.0. The molecule has 2 aromatic heterocycles. The van der Waals surface area contributed by atoms with Gasteiger partial charge in [-0.2, -0.15) is 0 Å². The van der Waals surface area contributed by atoms with Crippen molar-refractivity contribution in [1.29, 1.82) is 0 Å². The summed E-state index contributed by atoms with van der Waals surface area (Å²) < 4.78 is 0. The zero-order chi connectivity index (χ0) is 51.4. The van der Waals surface area contributed by atoms with Gasteiger partial charge in [-0.05, 0) is 120 Å². The minimum absolute atomic E-state index is 0. The summed E-state index contributed by atoms with van der Waals surface area (Å²) in [7, 11) is 0. The van der Waals surface area contributed by atoms with Gasteiger partial charge in [0.25, 0.3) is 0 Å². The van der Waals surface area contributed by atoms with Crippen LogP contribution in [0.5, 0.6) is 0 Å². The van der Waals surface area contributed by atoms with Gasteiger partial charge in [-0.1, -0.05) is 172 Å². The fourth-order valence-electron chi connectivity index (χ4n) is 8.05. The van der Waals surface area contributed by atoms with Crippen molar-refractivity contribution in [2.45, 2.75) is 84.2 Å². The number of para-hydroxylation sites is 2. The Morgan fingerprint density at radius 3 is 1.17 bits per heavy atom. The number of rotatable bonds is 21. The number of aliphatic hydroxyl groups excluding tert-OH is 1. The van der Waals surface area contributed by atoms with Crippen molar-refractivity contribution in [2.24, 2.45) is 0 Å². The molecule has 9 nitrogen and oxygen atoms in total. The summed E-state index contributed by atoms with van der Waals surface area (Å²) in [4.78, 5) is 13.6. The summed E-state index contributed by atoms with van der Waals surface area (Å²) in [5.74, 6) is 0.612. The molecule has 0 amide bonds. The number of fused-ring (bicyclic) bond motifs is 2. The van der Waals surface area contributed by atoms with E-state index in [2.05, 4.69) is 94.5 Å². The van der Waals surface area contributed by atoms with Crippen molar-refractivity contribution in [3.05, 3.63) is 235 Å². The summed E-state index contributed by atoms with van der Waals surface area (Å²) in [6, 6.07) is 61.4. The molecular formula is C66H93ClN8OW2. The molecule has 0 aliphatic rings. The number of anilines is 4. The number of nitrogens with two attached hydrogens (primary N) is 2. The van der Waals surface area contributed by atoms with Gasteiger partial charge in [0.05, 0.1) is 29.0 Å². The van der Waals surface area contributed by atoms with E-state index in [-0.39, 0.29) is 78.4 Å². The van der Waals surface area contributed by atoms with Crippen LogP contribution in [-0.4, -0.2) is 82.8 Å². The Morgan fingerprint density at radius 1 is 0.474 bits per heavy atom. The predicted octanol–water partition coefficient (Wildman–Crippen LogP) is 15.7. The molecule has 2 heterocycles. The minimum Gasteiger partial charge on any atom is -0.397 e. The van der Waals surface area contributed by atoms with Crippen molar-refractivity contribution >= 4 is 56.2 Å². The van der Waals surface area contributed by atoms with Crippen molar-refractivity contribution in [3.8, 4) is 0 Å². The van der Waals surface area contributed by atoms with Gasteiger partial charge in [-0.15, -0.1) is 11.6 Å². The third-order valence-corrected chi connectivity index (χ3v) is 12.4. The number of aliphatic hydroxyl groups is 1. The number of nitrogen functional groups attached to an aromatic ring is 2. The topological polar surface area (TPSA) is 129 Å². The molecule has 0 aliphatic heterocycles. The molecule has 0 radical (unpaired) electrons. The molecule has 7 N–H and O–H groups in total. The first-order chi connectivity index (χ1) is 35.3. The Hall–Kier alpha value is -5.11. The summed E-state index contributed by atoms with van der Waals surface area (Å²) in [6.45, 7) is 15.3. The number of hydrogen-bond acceptors (Lipinski definition) is 9. The van der Waals surface area contributed by atoms with Crippen molar-refractivity contribution in [1.82, 2.24) is 19.8 Å². The van der Waals surface area contributed by atoms with Gasteiger partial charge in [0.2, 0.25) is 0 Å². The predicted molar refractivity (Wildman–Crippen MR) is 338 cm³/mol. The number of nitrogens with zero attached hydrogens (tertiary/aromatic N) is 4. The molecule has 0 saturated heterocycles. The van der Waals surface area contributed by atoms with E-state index >= 15 is 0 Å². The van der Waals surface area contributed by atoms with Crippen molar-refractivity contribution < 1.29 is 47.2 Å². The zero-order valence-corrected chi connectivity index (χ0v) is 54.7. The van der Waals surface area contributed by atoms with Crippen LogP contribution in [0.3, 0.4) is 0 Å². The van der Waals surface area contributed by atoms with Crippen LogP contribution >= 0.6 is 11.6 Å². The number of halogens is 1. The van der Waals surface area contributed by atoms with Gasteiger partial charge < -0.3 is 66.7 Å². The first-order valence-corrected chi connectivity index (χ1v) is 26.3. The SMILES string of the molecule is CCN(CCCc1ccccc1)CCCC(C)Nc1ccnc2c(N)cccc12.CCN(CCO)CCCC(C)Nc1ccnc2c(N)cccc12.ClCc1ccccc1.[CH3-].[CH3-].[CH3-].[CH3-].[W+2].[W+2].c1ccccc1.c1ccccc1. The largest absolute Gasteiger partial charge is 2.00 e. The van der Waals surface area contributed by atoms with Gasteiger partial charge in [0.15, 0.2) is 0 Å². The Balaban J connectivity index is -0.00000101. The Morgan fingerprint density at radius 2 is 0.821 bits per heavy atom. The quantitative estimate of drug-likeness (QED) is 0.0271. The molecule has 8 rings (SSSR count). The molecule has 6 aromatic carbocycles. The first kappa shape index (κ1) is 77.1. The summed E-state index contributed by atoms with van der Waals surface area (Å²) in [5, 5.41) is 18.4. The summed E-state index contributed by atoms with van der Waals surface area (Å²) in [6.07, 6.45) is 10.5. The van der Waals surface area contributed by atoms with Crippen LogP contribution in [0.25, 0.3) is 21.8 Å². The molecule has 2 atom stereocenters. The van der Waals surface area contributed by atoms with E-state index in [1.807, 2.05) is 152 Å². The van der Waals surface area contributed by atoms with Crippen LogP contribution in [0.2, 0.25) is 0 Å². The number of benzene rings is 6. The van der Waals surface area contributed by atoms with E-state index in [9.17, 15) is 0 Å². The van der Waals surface area contributed by atoms with Gasteiger partial charge in [-0.3, -0.25) is 9.97 Å². The van der Waals surface area contributed by atoms with Crippen molar-refractivity contribution in [3.63, 3.8) is 0 Å². The second kappa shape index (κ2) is 47.8. The number of hydrogen-bond donors (Lipinski definition) is 5. The third-order valence-electron chi connectivity index (χ3n) is 12.1. The molecule has 0 saturated carbocycles. The summed E-state index contributed by atoms with van der Waals surface area (Å²) >= 11 is 5.53. The average Bonchev–Trinajstić information content (AvgIpc) is 3.43. The molecular weight excluding hydrogens is 1320 g/mol. The zero-order valence-electron chi connectivity index (χ0n) is 48.1. The van der Waals surface area contributed by atoms with Crippen LogP contribution in [0, 0.1) is 29.7 Å². The van der Waals surface area contributed by atoms with Crippen LogP contribution < -0.4 is 22.1 Å². The fourth-order valence-corrected chi connectivity index (χ4v) is 8.23. The number of likely N-dealkylation sites (N-methyl/N-ethyl adjacent to an activating group) is 1. The molecule has 0 bridgehead atoms. The number of aryl methyl sites for hydroxylation is 1. The smallest absolute Gasteiger partial charge is 0.397 e. The van der Waals surface area contributed by atoms with Gasteiger partial charge in [0.1, 0.15) is 0 Å². The van der Waals surface area contributed by atoms with Gasteiger partial charge in [0, 0.05) is 59.0 Å². The number of alkyl halides is 1.